The van der Waals surface area contributed by atoms with Gasteiger partial charge in [0, 0.05) is 5.56 Å². The summed E-state index contributed by atoms with van der Waals surface area (Å²) in [5, 5.41) is 2.60. The lowest BCUT2D eigenvalue weighted by Crippen LogP contribution is -2.41. The Hall–Kier alpha value is -1.91. The lowest BCUT2D eigenvalue weighted by atomic mass is 10.1. The number of carbonyl (C=O) groups excluding carboxylic acids is 2. The predicted octanol–water partition coefficient (Wildman–Crippen LogP) is 1.90. The fourth-order valence-electron chi connectivity index (χ4n) is 1.91. The van der Waals surface area contributed by atoms with Gasteiger partial charge in [0.05, 0.1) is 7.11 Å². The van der Waals surface area contributed by atoms with Gasteiger partial charge in [-0.3, -0.25) is 4.79 Å². The van der Waals surface area contributed by atoms with Crippen LogP contribution in [0.4, 0.5) is 4.39 Å². The fourth-order valence-corrected chi connectivity index (χ4v) is 1.91. The molecule has 0 heterocycles. The van der Waals surface area contributed by atoms with Gasteiger partial charge >= 0.3 is 5.97 Å². The summed E-state index contributed by atoms with van der Waals surface area (Å²) >= 11 is 0. The van der Waals surface area contributed by atoms with E-state index in [0.29, 0.717) is 12.3 Å². The number of nitrogens with one attached hydrogen (secondary N) is 1. The topological polar surface area (TPSA) is 55.4 Å². The van der Waals surface area contributed by atoms with E-state index in [9.17, 15) is 14.0 Å². The number of esters is 1. The van der Waals surface area contributed by atoms with Gasteiger partial charge in [0.1, 0.15) is 11.9 Å². The SMILES string of the molecule is COC(=O)[C@@H](CC1CC1)NC(=O)c1cccc(F)c1. The molecule has 0 unspecified atom stereocenters. The summed E-state index contributed by atoms with van der Waals surface area (Å²) in [6.45, 7) is 0. The summed E-state index contributed by atoms with van der Waals surface area (Å²) in [7, 11) is 1.29. The van der Waals surface area contributed by atoms with E-state index in [4.69, 9.17) is 0 Å². The Labute approximate surface area is 110 Å². The number of hydrogen-bond donors (Lipinski definition) is 1. The molecule has 0 bridgehead atoms. The van der Waals surface area contributed by atoms with Crippen molar-refractivity contribution in [3.63, 3.8) is 0 Å². The highest BCUT2D eigenvalue weighted by molar-refractivity contribution is 5.96. The molecule has 1 fully saturated rings. The molecule has 102 valence electrons. The van der Waals surface area contributed by atoms with Crippen molar-refractivity contribution < 1.29 is 18.7 Å². The van der Waals surface area contributed by atoms with Crippen LogP contribution in [0.1, 0.15) is 29.6 Å². The molecule has 0 spiro atoms. The number of carbonyl (C=O) groups is 2. The van der Waals surface area contributed by atoms with E-state index in [0.717, 1.165) is 18.9 Å². The molecule has 0 saturated heterocycles. The average Bonchev–Trinajstić information content (AvgIpc) is 3.21. The van der Waals surface area contributed by atoms with Crippen molar-refractivity contribution in [1.82, 2.24) is 5.32 Å². The first-order chi connectivity index (χ1) is 9.10. The molecule has 5 heteroatoms. The molecule has 1 aliphatic rings. The number of halogens is 1. The first-order valence-corrected chi connectivity index (χ1v) is 6.24. The van der Waals surface area contributed by atoms with Crippen molar-refractivity contribution in [3.8, 4) is 0 Å². The molecule has 0 aliphatic heterocycles. The predicted molar refractivity (Wildman–Crippen MR) is 67.0 cm³/mol. The smallest absolute Gasteiger partial charge is 0.328 e. The minimum atomic E-state index is -0.659. The Morgan fingerprint density at radius 1 is 1.47 bits per heavy atom. The zero-order valence-corrected chi connectivity index (χ0v) is 10.7. The first kappa shape index (κ1) is 13.5. The van der Waals surface area contributed by atoms with Gasteiger partial charge in [0.25, 0.3) is 5.91 Å². The van der Waals surface area contributed by atoms with Crippen molar-refractivity contribution in [2.45, 2.75) is 25.3 Å². The normalized spacial score (nSPS) is 15.7. The number of ether oxygens (including phenoxy) is 1. The Kier molecular flexibility index (Phi) is 4.14. The van der Waals surface area contributed by atoms with Gasteiger partial charge in [0.2, 0.25) is 0 Å². The molecule has 0 radical (unpaired) electrons. The van der Waals surface area contributed by atoms with Crippen molar-refractivity contribution in [2.75, 3.05) is 7.11 Å². The third kappa shape index (κ3) is 3.77. The molecule has 0 aromatic heterocycles. The summed E-state index contributed by atoms with van der Waals surface area (Å²) in [4.78, 5) is 23.5. The summed E-state index contributed by atoms with van der Waals surface area (Å²) in [6.07, 6.45) is 2.72. The second-order valence-electron chi connectivity index (χ2n) is 4.74. The number of hydrogen-bond acceptors (Lipinski definition) is 3. The zero-order valence-electron chi connectivity index (χ0n) is 10.7. The zero-order chi connectivity index (χ0) is 13.8. The fraction of sp³-hybridized carbons (Fsp3) is 0.429. The van der Waals surface area contributed by atoms with Crippen LogP contribution in [0.5, 0.6) is 0 Å². The van der Waals surface area contributed by atoms with Crippen LogP contribution in [-0.4, -0.2) is 25.0 Å². The van der Waals surface area contributed by atoms with E-state index in [-0.39, 0.29) is 5.56 Å². The average molecular weight is 265 g/mol. The molecule has 4 nitrogen and oxygen atoms in total. The van der Waals surface area contributed by atoms with E-state index in [1.807, 2.05) is 0 Å². The Balaban J connectivity index is 2.03. The molecular formula is C14H16FNO3. The van der Waals surface area contributed by atoms with Crippen LogP contribution in [0.25, 0.3) is 0 Å². The first-order valence-electron chi connectivity index (χ1n) is 6.24. The van der Waals surface area contributed by atoms with E-state index in [1.54, 1.807) is 0 Å². The molecular weight excluding hydrogens is 249 g/mol. The van der Waals surface area contributed by atoms with Gasteiger partial charge in [-0.05, 0) is 30.5 Å². The van der Waals surface area contributed by atoms with Crippen LogP contribution >= 0.6 is 0 Å². The Bertz CT molecular complexity index is 485. The van der Waals surface area contributed by atoms with Crippen molar-refractivity contribution in [1.29, 1.82) is 0 Å². The van der Waals surface area contributed by atoms with Crippen molar-refractivity contribution in [2.24, 2.45) is 5.92 Å². The standard InChI is InChI=1S/C14H16FNO3/c1-19-14(18)12(7-9-5-6-9)16-13(17)10-3-2-4-11(15)8-10/h2-4,8-9,12H,5-7H2,1H3,(H,16,17)/t12-/m1/s1. The van der Waals surface area contributed by atoms with Gasteiger partial charge in [-0.25, -0.2) is 9.18 Å². The molecule has 1 aliphatic carbocycles. The quantitative estimate of drug-likeness (QED) is 0.827. The highest BCUT2D eigenvalue weighted by atomic mass is 19.1. The van der Waals surface area contributed by atoms with E-state index in [2.05, 4.69) is 10.1 Å². The molecule has 1 N–H and O–H groups in total. The lowest BCUT2D eigenvalue weighted by Gasteiger charge is -2.16. The van der Waals surface area contributed by atoms with Crippen LogP contribution < -0.4 is 5.32 Å². The Morgan fingerprint density at radius 2 is 2.21 bits per heavy atom. The van der Waals surface area contributed by atoms with Crippen molar-refractivity contribution in [3.05, 3.63) is 35.6 Å². The molecule has 1 aromatic carbocycles. The largest absolute Gasteiger partial charge is 0.467 e. The maximum absolute atomic E-state index is 13.0. The molecule has 19 heavy (non-hydrogen) atoms. The number of rotatable bonds is 5. The third-order valence-electron chi connectivity index (χ3n) is 3.14. The van der Waals surface area contributed by atoms with Crippen molar-refractivity contribution >= 4 is 11.9 Å². The van der Waals surface area contributed by atoms with Crippen LogP contribution in [0, 0.1) is 11.7 Å². The summed E-state index contributed by atoms with van der Waals surface area (Å²) < 4.78 is 17.7. The van der Waals surface area contributed by atoms with Crippen LogP contribution in [0.3, 0.4) is 0 Å². The third-order valence-corrected chi connectivity index (χ3v) is 3.14. The maximum atomic E-state index is 13.0. The summed E-state index contributed by atoms with van der Waals surface area (Å²) in [5.41, 5.74) is 0.199. The van der Waals surface area contributed by atoms with E-state index < -0.39 is 23.7 Å². The molecule has 1 aromatic rings. The highest BCUT2D eigenvalue weighted by Gasteiger charge is 2.31. The number of benzene rings is 1. The van der Waals surface area contributed by atoms with E-state index in [1.165, 1.54) is 25.3 Å². The van der Waals surface area contributed by atoms with Gasteiger partial charge in [0.15, 0.2) is 0 Å². The maximum Gasteiger partial charge on any atom is 0.328 e. The molecule has 1 atom stereocenters. The Morgan fingerprint density at radius 3 is 2.79 bits per heavy atom. The van der Waals surface area contributed by atoms with Gasteiger partial charge < -0.3 is 10.1 Å². The monoisotopic (exact) mass is 265 g/mol. The van der Waals surface area contributed by atoms with Gasteiger partial charge in [-0.2, -0.15) is 0 Å². The second-order valence-corrected chi connectivity index (χ2v) is 4.74. The second kappa shape index (κ2) is 5.82. The lowest BCUT2D eigenvalue weighted by molar-refractivity contribution is -0.143. The number of amides is 1. The number of methoxy groups -OCH3 is 1. The summed E-state index contributed by atoms with van der Waals surface area (Å²) in [6, 6.07) is 4.70. The minimum absolute atomic E-state index is 0.199. The molecule has 1 amide bonds. The van der Waals surface area contributed by atoms with Gasteiger partial charge in [-0.1, -0.05) is 18.9 Å². The van der Waals surface area contributed by atoms with Crippen LogP contribution in [0.2, 0.25) is 0 Å². The van der Waals surface area contributed by atoms with Gasteiger partial charge in [-0.15, -0.1) is 0 Å². The van der Waals surface area contributed by atoms with Crippen LogP contribution in [-0.2, 0) is 9.53 Å². The summed E-state index contributed by atoms with van der Waals surface area (Å²) in [5.74, 6) is -0.937. The van der Waals surface area contributed by atoms with E-state index >= 15 is 0 Å². The van der Waals surface area contributed by atoms with Crippen LogP contribution in [0.15, 0.2) is 24.3 Å². The molecule has 2 rings (SSSR count). The highest BCUT2D eigenvalue weighted by Crippen LogP contribution is 2.33. The molecule has 1 saturated carbocycles. The minimum Gasteiger partial charge on any atom is -0.467 e.